The average molecular weight is 190 g/mol. The van der Waals surface area contributed by atoms with E-state index in [0.29, 0.717) is 5.56 Å². The molecule has 3 nitrogen and oxygen atoms in total. The first-order valence-corrected chi connectivity index (χ1v) is 4.64. The molecule has 1 heterocycles. The lowest BCUT2D eigenvalue weighted by molar-refractivity contribution is 0.0261. The Labute approximate surface area is 81.3 Å². The number of benzene rings is 1. The van der Waals surface area contributed by atoms with Crippen LogP contribution in [-0.4, -0.2) is 22.6 Å². The number of Topliss-reactive ketones (excluding diaryl/α,β-unsaturated/α-hetero) is 1. The largest absolute Gasteiger partial charge is 0.379 e. The molecule has 0 aromatic heterocycles. The number of hydrogen-bond donors (Lipinski definition) is 1. The fourth-order valence-electron chi connectivity index (χ4n) is 2.13. The van der Waals surface area contributed by atoms with E-state index in [1.807, 2.05) is 12.1 Å². The number of hydrogen-bond acceptors (Lipinski definition) is 3. The highest BCUT2D eigenvalue weighted by molar-refractivity contribution is 6.05. The Bertz CT molecular complexity index is 422. The number of fused-ring (bicyclic) bond motifs is 3. The quantitative estimate of drug-likeness (QED) is 0.622. The average Bonchev–Trinajstić information content (AvgIpc) is 2.95. The second kappa shape index (κ2) is 2.24. The van der Waals surface area contributed by atoms with Crippen molar-refractivity contribution in [2.75, 3.05) is 0 Å². The number of ether oxygens (including phenoxy) is 1. The maximum Gasteiger partial charge on any atom is 0.197 e. The Hall–Kier alpha value is -1.19. The van der Waals surface area contributed by atoms with Crippen LogP contribution in [0.2, 0.25) is 0 Å². The monoisotopic (exact) mass is 190 g/mol. The van der Waals surface area contributed by atoms with Gasteiger partial charge in [0.1, 0.15) is 12.2 Å². The van der Waals surface area contributed by atoms with Crippen molar-refractivity contribution < 1.29 is 14.6 Å². The van der Waals surface area contributed by atoms with E-state index in [0.717, 1.165) is 5.56 Å². The van der Waals surface area contributed by atoms with Crippen LogP contribution in [0.1, 0.15) is 28.9 Å². The van der Waals surface area contributed by atoms with E-state index < -0.39 is 5.60 Å². The first-order valence-electron chi connectivity index (χ1n) is 4.64. The molecule has 1 aliphatic carbocycles. The Kier molecular flexibility index (Phi) is 1.30. The van der Waals surface area contributed by atoms with Crippen LogP contribution in [-0.2, 0) is 4.74 Å². The lowest BCUT2D eigenvalue weighted by Gasteiger charge is -2.24. The molecule has 0 bridgehead atoms. The van der Waals surface area contributed by atoms with Crippen LogP contribution in [0.5, 0.6) is 0 Å². The number of carbonyl (C=O) groups is 1. The summed E-state index contributed by atoms with van der Waals surface area (Å²) >= 11 is 0. The Balaban J connectivity index is 2.22. The highest BCUT2D eigenvalue weighted by atomic mass is 16.6. The summed E-state index contributed by atoms with van der Waals surface area (Å²) in [6.07, 6.45) is -0.427. The second-order valence-corrected chi connectivity index (χ2v) is 4.04. The molecule has 1 fully saturated rings. The Morgan fingerprint density at radius 1 is 1.43 bits per heavy atom. The van der Waals surface area contributed by atoms with Gasteiger partial charge < -0.3 is 9.84 Å². The fraction of sp³-hybridized carbons (Fsp3) is 0.364. The van der Waals surface area contributed by atoms with Crippen molar-refractivity contribution in [1.29, 1.82) is 0 Å². The van der Waals surface area contributed by atoms with Crippen LogP contribution < -0.4 is 0 Å². The predicted octanol–water partition coefficient (Wildman–Crippen LogP) is 1.07. The number of rotatable bonds is 0. The van der Waals surface area contributed by atoms with Gasteiger partial charge in [0, 0.05) is 5.56 Å². The molecule has 0 radical (unpaired) electrons. The number of carbonyl (C=O) groups excluding carboxylic acids is 1. The standard InChI is InChI=1S/C11H10O3/c1-11(13)9(12)7-5-3-2-4-6(7)8-10(11)14-8/h2-5,8,10,13H,1H3/t8-,10-,11+/m0/s1. The molecule has 0 saturated carbocycles. The first-order chi connectivity index (χ1) is 6.62. The molecular weight excluding hydrogens is 180 g/mol. The van der Waals surface area contributed by atoms with Crippen LogP contribution in [0.15, 0.2) is 24.3 Å². The third-order valence-electron chi connectivity index (χ3n) is 3.02. The summed E-state index contributed by atoms with van der Waals surface area (Å²) in [5.74, 6) is -0.230. The maximum atomic E-state index is 11.8. The van der Waals surface area contributed by atoms with Gasteiger partial charge in [-0.1, -0.05) is 24.3 Å². The van der Waals surface area contributed by atoms with E-state index in [1.165, 1.54) is 6.92 Å². The zero-order valence-electron chi connectivity index (χ0n) is 7.73. The molecule has 2 aliphatic rings. The summed E-state index contributed by atoms with van der Waals surface area (Å²) in [4.78, 5) is 11.8. The SMILES string of the molecule is C[C@@]1(O)C(=O)c2ccccc2[C@@H]2O[C@@H]21. The van der Waals surface area contributed by atoms with E-state index in [9.17, 15) is 9.90 Å². The number of ketones is 1. The molecule has 0 spiro atoms. The summed E-state index contributed by atoms with van der Waals surface area (Å²) < 4.78 is 5.32. The molecule has 1 aromatic rings. The van der Waals surface area contributed by atoms with Gasteiger partial charge in [0.15, 0.2) is 11.4 Å². The molecule has 14 heavy (non-hydrogen) atoms. The van der Waals surface area contributed by atoms with Crippen molar-refractivity contribution in [2.24, 2.45) is 0 Å². The van der Waals surface area contributed by atoms with Crippen molar-refractivity contribution in [3.63, 3.8) is 0 Å². The lowest BCUT2D eigenvalue weighted by Crippen LogP contribution is -2.43. The summed E-state index contributed by atoms with van der Waals surface area (Å²) in [6, 6.07) is 7.30. The third kappa shape index (κ3) is 0.811. The molecule has 1 aromatic carbocycles. The van der Waals surface area contributed by atoms with Crippen LogP contribution in [0.3, 0.4) is 0 Å². The van der Waals surface area contributed by atoms with Crippen molar-refractivity contribution >= 4 is 5.78 Å². The Morgan fingerprint density at radius 2 is 2.14 bits per heavy atom. The summed E-state index contributed by atoms with van der Waals surface area (Å²) in [6.45, 7) is 1.52. The number of aliphatic hydroxyl groups is 1. The highest BCUT2D eigenvalue weighted by Gasteiger charge is 2.60. The van der Waals surface area contributed by atoms with Crippen LogP contribution in [0, 0.1) is 0 Å². The molecule has 72 valence electrons. The van der Waals surface area contributed by atoms with E-state index in [1.54, 1.807) is 12.1 Å². The topological polar surface area (TPSA) is 49.8 Å². The smallest absolute Gasteiger partial charge is 0.197 e. The maximum absolute atomic E-state index is 11.8. The van der Waals surface area contributed by atoms with Crippen LogP contribution in [0.4, 0.5) is 0 Å². The van der Waals surface area contributed by atoms with Gasteiger partial charge in [-0.2, -0.15) is 0 Å². The van der Waals surface area contributed by atoms with Crippen molar-refractivity contribution in [2.45, 2.75) is 24.7 Å². The molecule has 3 rings (SSSR count). The minimum absolute atomic E-state index is 0.0844. The predicted molar refractivity (Wildman–Crippen MR) is 49.0 cm³/mol. The summed E-state index contributed by atoms with van der Waals surface area (Å²) in [7, 11) is 0. The van der Waals surface area contributed by atoms with E-state index >= 15 is 0 Å². The fourth-order valence-corrected chi connectivity index (χ4v) is 2.13. The molecule has 0 amide bonds. The van der Waals surface area contributed by atoms with E-state index in [-0.39, 0.29) is 18.0 Å². The van der Waals surface area contributed by atoms with Gasteiger partial charge in [0.05, 0.1) is 0 Å². The minimum Gasteiger partial charge on any atom is -0.379 e. The van der Waals surface area contributed by atoms with Gasteiger partial charge in [-0.3, -0.25) is 4.79 Å². The van der Waals surface area contributed by atoms with E-state index in [4.69, 9.17) is 4.74 Å². The Morgan fingerprint density at radius 3 is 2.93 bits per heavy atom. The second-order valence-electron chi connectivity index (χ2n) is 4.04. The normalized spacial score (nSPS) is 38.9. The minimum atomic E-state index is -1.35. The number of epoxide rings is 1. The van der Waals surface area contributed by atoms with Gasteiger partial charge >= 0.3 is 0 Å². The van der Waals surface area contributed by atoms with Gasteiger partial charge in [-0.05, 0) is 12.5 Å². The van der Waals surface area contributed by atoms with E-state index in [2.05, 4.69) is 0 Å². The molecule has 0 unspecified atom stereocenters. The van der Waals surface area contributed by atoms with Gasteiger partial charge in [-0.25, -0.2) is 0 Å². The first kappa shape index (κ1) is 8.15. The molecular formula is C11H10O3. The van der Waals surface area contributed by atoms with Crippen molar-refractivity contribution in [1.82, 2.24) is 0 Å². The molecule has 1 N–H and O–H groups in total. The summed E-state index contributed by atoms with van der Waals surface area (Å²) in [5, 5.41) is 9.93. The molecule has 3 heteroatoms. The van der Waals surface area contributed by atoms with Crippen molar-refractivity contribution in [3.05, 3.63) is 35.4 Å². The van der Waals surface area contributed by atoms with Crippen LogP contribution in [0.25, 0.3) is 0 Å². The lowest BCUT2D eigenvalue weighted by atomic mass is 9.80. The summed E-state index contributed by atoms with van der Waals surface area (Å²) in [5.41, 5.74) is 0.157. The molecule has 1 aliphatic heterocycles. The van der Waals surface area contributed by atoms with Crippen molar-refractivity contribution in [3.8, 4) is 0 Å². The zero-order chi connectivity index (χ0) is 9.92. The van der Waals surface area contributed by atoms with Crippen LogP contribution >= 0.6 is 0 Å². The molecule has 3 atom stereocenters. The zero-order valence-corrected chi connectivity index (χ0v) is 7.73. The van der Waals surface area contributed by atoms with Gasteiger partial charge in [0.2, 0.25) is 0 Å². The van der Waals surface area contributed by atoms with Gasteiger partial charge in [0.25, 0.3) is 0 Å². The molecule has 1 saturated heterocycles. The third-order valence-corrected chi connectivity index (χ3v) is 3.02. The highest BCUT2D eigenvalue weighted by Crippen LogP contribution is 2.51. The van der Waals surface area contributed by atoms with Gasteiger partial charge in [-0.15, -0.1) is 0 Å².